The summed E-state index contributed by atoms with van der Waals surface area (Å²) in [6.07, 6.45) is 6.33. The second-order valence-corrected chi connectivity index (χ2v) is 9.66. The largest absolute Gasteiger partial charge is 0.345 e. The maximum absolute atomic E-state index is 15.0. The number of piperidine rings is 1. The normalized spacial score (nSPS) is 17.8. The van der Waals surface area contributed by atoms with Crippen molar-refractivity contribution in [2.45, 2.75) is 46.2 Å². The first kappa shape index (κ1) is 32.5. The number of hydrogen-bond acceptors (Lipinski definition) is 4. The van der Waals surface area contributed by atoms with Gasteiger partial charge in [-0.05, 0) is 50.6 Å². The Kier molecular flexibility index (Phi) is 14.9. The van der Waals surface area contributed by atoms with Crippen molar-refractivity contribution in [2.24, 2.45) is 0 Å². The van der Waals surface area contributed by atoms with E-state index >= 15 is 4.39 Å². The number of rotatable bonds is 6. The van der Waals surface area contributed by atoms with E-state index in [0.29, 0.717) is 12.1 Å². The number of aromatic nitrogens is 1. The van der Waals surface area contributed by atoms with E-state index in [-0.39, 0.29) is 11.8 Å². The van der Waals surface area contributed by atoms with Crippen LogP contribution in [-0.2, 0) is 0 Å². The topological polar surface area (TPSA) is 60.3 Å². The third kappa shape index (κ3) is 10.4. The quantitative estimate of drug-likeness (QED) is 0.322. The Morgan fingerprint density at radius 1 is 1.27 bits per heavy atom. The van der Waals surface area contributed by atoms with Gasteiger partial charge in [0.2, 0.25) is 0 Å². The van der Waals surface area contributed by atoms with Crippen LogP contribution >= 0.6 is 15.9 Å². The van der Waals surface area contributed by atoms with E-state index in [1.54, 1.807) is 37.3 Å². The van der Waals surface area contributed by atoms with Crippen LogP contribution in [0, 0.1) is 12.3 Å². The number of carbonyl (C=O) groups excluding carboxylic acids is 1. The summed E-state index contributed by atoms with van der Waals surface area (Å²) in [5.41, 5.74) is 4.84. The Morgan fingerprint density at radius 2 is 1.92 bits per heavy atom. The molecule has 2 unspecified atom stereocenters. The van der Waals surface area contributed by atoms with Gasteiger partial charge in [-0.2, -0.15) is 0 Å². The van der Waals surface area contributed by atoms with Crippen LogP contribution in [0.1, 0.15) is 60.3 Å². The number of amides is 1. The van der Waals surface area contributed by atoms with Gasteiger partial charge in [0.1, 0.15) is 14.0 Å². The van der Waals surface area contributed by atoms with E-state index in [4.69, 9.17) is 13.3 Å². The minimum Gasteiger partial charge on any atom is -0.345 e. The second-order valence-electron chi connectivity index (χ2n) is 8.80. The van der Waals surface area contributed by atoms with E-state index in [1.807, 2.05) is 39.0 Å². The number of carbonyl (C=O) groups is 1. The molecule has 2 atom stereocenters. The summed E-state index contributed by atoms with van der Waals surface area (Å²) in [6, 6.07) is 9.34. The van der Waals surface area contributed by atoms with Crippen molar-refractivity contribution in [3.05, 3.63) is 81.0 Å². The Labute approximate surface area is 231 Å². The lowest BCUT2D eigenvalue weighted by molar-refractivity contribution is 0.0827. The van der Waals surface area contributed by atoms with Gasteiger partial charge in [-0.1, -0.05) is 59.6 Å². The minimum absolute atomic E-state index is 0.0362. The van der Waals surface area contributed by atoms with Crippen LogP contribution in [0.3, 0.4) is 0 Å². The second kappa shape index (κ2) is 17.0. The molecule has 0 bridgehead atoms. The van der Waals surface area contributed by atoms with Crippen molar-refractivity contribution >= 4 is 42.0 Å². The number of likely N-dealkylation sites (tertiary alicyclic amines) is 1. The summed E-state index contributed by atoms with van der Waals surface area (Å²) in [7, 11) is 8.27. The van der Waals surface area contributed by atoms with E-state index in [9.17, 15) is 4.79 Å². The molecular weight excluding hydrogens is 530 g/mol. The first-order chi connectivity index (χ1) is 17.7. The number of aryl methyl sites for hydroxylation is 1. The number of nitrogens with one attached hydrogen (secondary N) is 1. The van der Waals surface area contributed by atoms with E-state index in [1.165, 1.54) is 17.6 Å². The fourth-order valence-corrected chi connectivity index (χ4v) is 4.56. The first-order valence-corrected chi connectivity index (χ1v) is 13.3. The number of halogens is 2. The summed E-state index contributed by atoms with van der Waals surface area (Å²) < 4.78 is 16.0. The molecule has 0 aliphatic carbocycles. The summed E-state index contributed by atoms with van der Waals surface area (Å²) in [4.78, 5) is 20.1. The van der Waals surface area contributed by atoms with Crippen LogP contribution in [0.4, 0.5) is 4.39 Å². The number of hydrogen-bond donors (Lipinski definition) is 1. The summed E-state index contributed by atoms with van der Waals surface area (Å²) in [6.45, 7) is 10.1. The molecule has 2 aromatic rings. The molecule has 2 heterocycles. The van der Waals surface area contributed by atoms with E-state index < -0.39 is 6.17 Å². The summed E-state index contributed by atoms with van der Waals surface area (Å²) in [5, 5.41) is 6.31. The molecule has 1 amide bonds. The highest BCUT2D eigenvalue weighted by Crippen LogP contribution is 2.31. The zero-order valence-electron chi connectivity index (χ0n) is 22.8. The van der Waals surface area contributed by atoms with Gasteiger partial charge in [0, 0.05) is 66.8 Å². The SMILES string of the molecule is C/C(=C\c1c(Br)ccnc1C)CN1CCC(c2ccc(C(=O)N(C)C)cc2)C(F)C1.CC.[B]/C=C/C=N. The Morgan fingerprint density at radius 3 is 2.41 bits per heavy atom. The Hall–Kier alpha value is -2.58. The fraction of sp³-hybridized carbons (Fsp3) is 0.414. The lowest BCUT2D eigenvalue weighted by atomic mass is 9.87. The monoisotopic (exact) mass is 568 g/mol. The maximum atomic E-state index is 15.0. The highest BCUT2D eigenvalue weighted by molar-refractivity contribution is 9.10. The van der Waals surface area contributed by atoms with Crippen LogP contribution in [-0.4, -0.2) is 74.7 Å². The lowest BCUT2D eigenvalue weighted by Crippen LogP contribution is -2.41. The van der Waals surface area contributed by atoms with Crippen LogP contribution < -0.4 is 0 Å². The molecule has 198 valence electrons. The summed E-state index contributed by atoms with van der Waals surface area (Å²) >= 11 is 3.58. The summed E-state index contributed by atoms with van der Waals surface area (Å²) in [5.74, 6) is 1.15. The van der Waals surface area contributed by atoms with Crippen LogP contribution in [0.5, 0.6) is 0 Å². The molecule has 37 heavy (non-hydrogen) atoms. The predicted molar refractivity (Wildman–Crippen MR) is 159 cm³/mol. The van der Waals surface area contributed by atoms with Crippen molar-refractivity contribution in [1.29, 1.82) is 5.41 Å². The number of nitrogens with zero attached hydrogens (tertiary/aromatic N) is 3. The van der Waals surface area contributed by atoms with Gasteiger partial charge < -0.3 is 10.3 Å². The zero-order chi connectivity index (χ0) is 28.0. The van der Waals surface area contributed by atoms with Crippen molar-refractivity contribution in [2.75, 3.05) is 33.7 Å². The highest BCUT2D eigenvalue weighted by atomic mass is 79.9. The average Bonchev–Trinajstić information content (AvgIpc) is 2.88. The van der Waals surface area contributed by atoms with Gasteiger partial charge in [0.05, 0.1) is 0 Å². The minimum atomic E-state index is -0.922. The maximum Gasteiger partial charge on any atom is 0.253 e. The van der Waals surface area contributed by atoms with Gasteiger partial charge in [-0.15, -0.1) is 5.98 Å². The average molecular weight is 569 g/mol. The number of alkyl halides is 1. The van der Waals surface area contributed by atoms with Crippen LogP contribution in [0.15, 0.2) is 58.6 Å². The molecule has 1 aromatic carbocycles. The molecular formula is C29H39BBrFN4O. The molecule has 3 rings (SSSR count). The van der Waals surface area contributed by atoms with Gasteiger partial charge >= 0.3 is 0 Å². The molecule has 1 aromatic heterocycles. The van der Waals surface area contributed by atoms with Crippen LogP contribution in [0.25, 0.3) is 6.08 Å². The number of pyridine rings is 1. The lowest BCUT2D eigenvalue weighted by Gasteiger charge is -2.35. The molecule has 0 saturated carbocycles. The smallest absolute Gasteiger partial charge is 0.253 e. The van der Waals surface area contributed by atoms with Gasteiger partial charge in [0.15, 0.2) is 0 Å². The highest BCUT2D eigenvalue weighted by Gasteiger charge is 2.30. The van der Waals surface area contributed by atoms with Crippen LogP contribution in [0.2, 0.25) is 0 Å². The molecule has 0 spiro atoms. The molecule has 1 N–H and O–H groups in total. The van der Waals surface area contributed by atoms with Gasteiger partial charge in [0.25, 0.3) is 5.91 Å². The third-order valence-electron chi connectivity index (χ3n) is 5.82. The van der Waals surface area contributed by atoms with Crippen molar-refractivity contribution in [3.8, 4) is 0 Å². The molecule has 2 radical (unpaired) electrons. The van der Waals surface area contributed by atoms with Crippen molar-refractivity contribution < 1.29 is 9.18 Å². The predicted octanol–water partition coefficient (Wildman–Crippen LogP) is 6.43. The Balaban J connectivity index is 0.000000874. The molecule has 1 saturated heterocycles. The fourth-order valence-electron chi connectivity index (χ4n) is 4.04. The number of benzene rings is 1. The standard InChI is InChI=1S/C24H29BrFN3O.C3H4BN.C2H6/c1-16(13-21-17(2)27-11-9-22(21)25)14-29-12-10-20(23(26)15-29)18-5-7-19(8-6-18)24(30)28(3)4;4-2-1-3-5;1-2/h5-9,11,13,20,23H,10,12,14-15H2,1-4H3;1-3,5H;1-2H3/b16-13+;2-1+,5-3?;. The van der Waals surface area contributed by atoms with Crippen molar-refractivity contribution in [1.82, 2.24) is 14.8 Å². The van der Waals surface area contributed by atoms with E-state index in [2.05, 4.69) is 38.8 Å². The Bertz CT molecular complexity index is 1040. The molecule has 1 aliphatic rings. The van der Waals surface area contributed by atoms with E-state index in [0.717, 1.165) is 47.0 Å². The van der Waals surface area contributed by atoms with Gasteiger partial charge in [-0.25, -0.2) is 4.39 Å². The molecule has 1 aliphatic heterocycles. The van der Waals surface area contributed by atoms with Gasteiger partial charge in [-0.3, -0.25) is 14.7 Å². The first-order valence-electron chi connectivity index (χ1n) is 12.5. The van der Waals surface area contributed by atoms with Crippen molar-refractivity contribution in [3.63, 3.8) is 0 Å². The third-order valence-corrected chi connectivity index (χ3v) is 6.52. The molecule has 1 fully saturated rings. The zero-order valence-corrected chi connectivity index (χ0v) is 24.4. The number of allylic oxidation sites excluding steroid dienone is 1. The molecule has 5 nitrogen and oxygen atoms in total. The molecule has 8 heteroatoms.